The van der Waals surface area contributed by atoms with Crippen LogP contribution in [0.25, 0.3) is 0 Å². The highest BCUT2D eigenvalue weighted by Gasteiger charge is 2.20. The van der Waals surface area contributed by atoms with E-state index in [0.717, 1.165) is 16.2 Å². The van der Waals surface area contributed by atoms with Crippen LogP contribution in [0.1, 0.15) is 11.8 Å². The Bertz CT molecular complexity index is 725. The zero-order valence-corrected chi connectivity index (χ0v) is 15.8. The van der Waals surface area contributed by atoms with Crippen molar-refractivity contribution < 1.29 is 13.5 Å². The van der Waals surface area contributed by atoms with E-state index in [1.807, 2.05) is 24.4 Å². The largest absolute Gasteiger partial charge is 0.390 e. The van der Waals surface area contributed by atoms with Gasteiger partial charge in [-0.15, -0.1) is 22.7 Å². The van der Waals surface area contributed by atoms with Gasteiger partial charge in [-0.05, 0) is 29.8 Å². The van der Waals surface area contributed by atoms with E-state index in [0.29, 0.717) is 19.0 Å². The molecule has 0 amide bonds. The zero-order chi connectivity index (χ0) is 17.4. The average molecular weight is 388 g/mol. The molecule has 2 aromatic heterocycles. The molecule has 0 aliphatic heterocycles. The smallest absolute Gasteiger partial charge is 0.191 e. The summed E-state index contributed by atoms with van der Waals surface area (Å²) >= 11 is 2.78. The summed E-state index contributed by atoms with van der Waals surface area (Å²) in [6.07, 6.45) is -1.01. The number of sulfone groups is 1. The van der Waals surface area contributed by atoms with E-state index in [4.69, 9.17) is 0 Å². The monoisotopic (exact) mass is 387 g/mol. The molecular formula is C15H21N3O3S3. The second kappa shape index (κ2) is 9.16. The highest BCUT2D eigenvalue weighted by atomic mass is 32.2. The van der Waals surface area contributed by atoms with Gasteiger partial charge in [0.1, 0.15) is 4.21 Å². The molecular weight excluding hydrogens is 366 g/mol. The standard InChI is InChI=1S/C15H21N3O3S3/c1-2-16-15(18-10-13-5-3-7-22-13)17-9-12(19)11-24(20,21)14-6-4-8-23-14/h3-8,12,19H,2,9-11H2,1H3,(H2,16,17,18). The summed E-state index contributed by atoms with van der Waals surface area (Å²) in [4.78, 5) is 5.55. The first kappa shape index (κ1) is 18.9. The predicted molar refractivity (Wildman–Crippen MR) is 99.5 cm³/mol. The Morgan fingerprint density at radius 2 is 2.00 bits per heavy atom. The summed E-state index contributed by atoms with van der Waals surface area (Å²) < 4.78 is 24.5. The number of aliphatic imine (C=N–C) groups is 1. The van der Waals surface area contributed by atoms with Gasteiger partial charge in [-0.25, -0.2) is 13.4 Å². The molecule has 1 unspecified atom stereocenters. The number of hydrogen-bond acceptors (Lipinski definition) is 6. The van der Waals surface area contributed by atoms with Crippen molar-refractivity contribution in [3.63, 3.8) is 0 Å². The second-order valence-electron chi connectivity index (χ2n) is 5.02. The zero-order valence-electron chi connectivity index (χ0n) is 13.3. The van der Waals surface area contributed by atoms with E-state index in [9.17, 15) is 13.5 Å². The molecule has 9 heteroatoms. The molecule has 2 rings (SSSR count). The molecule has 3 N–H and O–H groups in total. The third-order valence-corrected chi connectivity index (χ3v) is 7.18. The highest BCUT2D eigenvalue weighted by Crippen LogP contribution is 2.18. The molecule has 0 saturated carbocycles. The minimum absolute atomic E-state index is 0.112. The van der Waals surface area contributed by atoms with Gasteiger partial charge in [0, 0.05) is 18.0 Å². The van der Waals surface area contributed by atoms with Gasteiger partial charge in [0.2, 0.25) is 0 Å². The summed E-state index contributed by atoms with van der Waals surface area (Å²) in [5.41, 5.74) is 0. The van der Waals surface area contributed by atoms with E-state index < -0.39 is 15.9 Å². The van der Waals surface area contributed by atoms with Crippen LogP contribution in [0.3, 0.4) is 0 Å². The number of rotatable bonds is 8. The molecule has 6 nitrogen and oxygen atoms in total. The Balaban J connectivity index is 1.87. The number of nitrogens with zero attached hydrogens (tertiary/aromatic N) is 1. The average Bonchev–Trinajstić information content (AvgIpc) is 3.22. The van der Waals surface area contributed by atoms with Crippen LogP contribution in [0, 0.1) is 0 Å². The lowest BCUT2D eigenvalue weighted by molar-refractivity contribution is 0.200. The molecule has 0 fully saturated rings. The fourth-order valence-corrected chi connectivity index (χ4v) is 5.06. The van der Waals surface area contributed by atoms with Crippen molar-refractivity contribution in [1.82, 2.24) is 10.6 Å². The molecule has 0 spiro atoms. The van der Waals surface area contributed by atoms with Crippen LogP contribution in [0.4, 0.5) is 0 Å². The Morgan fingerprint density at radius 3 is 2.62 bits per heavy atom. The third-order valence-electron chi connectivity index (χ3n) is 3.04. The molecule has 0 aliphatic rings. The maximum atomic E-state index is 12.1. The molecule has 0 aliphatic carbocycles. The van der Waals surface area contributed by atoms with Crippen LogP contribution in [0.2, 0.25) is 0 Å². The topological polar surface area (TPSA) is 90.8 Å². The third kappa shape index (κ3) is 5.90. The van der Waals surface area contributed by atoms with Crippen molar-refractivity contribution in [2.45, 2.75) is 23.8 Å². The number of hydrogen-bond donors (Lipinski definition) is 3. The molecule has 2 aromatic rings. The Morgan fingerprint density at radius 1 is 1.25 bits per heavy atom. The molecule has 1 atom stereocenters. The van der Waals surface area contributed by atoms with E-state index in [-0.39, 0.29) is 16.5 Å². The van der Waals surface area contributed by atoms with E-state index >= 15 is 0 Å². The quantitative estimate of drug-likeness (QED) is 0.474. The van der Waals surface area contributed by atoms with Crippen LogP contribution < -0.4 is 10.6 Å². The molecule has 132 valence electrons. The van der Waals surface area contributed by atoms with Crippen LogP contribution in [-0.4, -0.2) is 44.4 Å². The molecule has 0 radical (unpaired) electrons. The highest BCUT2D eigenvalue weighted by molar-refractivity contribution is 7.93. The number of thiophene rings is 2. The first-order chi connectivity index (χ1) is 11.5. The van der Waals surface area contributed by atoms with Crippen molar-refractivity contribution in [3.05, 3.63) is 39.9 Å². The van der Waals surface area contributed by atoms with Crippen LogP contribution in [0.5, 0.6) is 0 Å². The summed E-state index contributed by atoms with van der Waals surface area (Å²) in [6, 6.07) is 7.20. The lowest BCUT2D eigenvalue weighted by atomic mass is 10.4. The number of aliphatic hydroxyl groups is 1. The SMILES string of the molecule is CCNC(=NCc1cccs1)NCC(O)CS(=O)(=O)c1cccs1. The first-order valence-corrected chi connectivity index (χ1v) is 10.9. The fraction of sp³-hybridized carbons (Fsp3) is 0.400. The summed E-state index contributed by atoms with van der Waals surface area (Å²) in [7, 11) is -3.45. The molecule has 0 aromatic carbocycles. The maximum absolute atomic E-state index is 12.1. The van der Waals surface area contributed by atoms with E-state index in [2.05, 4.69) is 15.6 Å². The van der Waals surface area contributed by atoms with E-state index in [1.54, 1.807) is 28.8 Å². The van der Waals surface area contributed by atoms with E-state index in [1.165, 1.54) is 0 Å². The minimum Gasteiger partial charge on any atom is -0.390 e. The Hall–Kier alpha value is -1.42. The van der Waals surface area contributed by atoms with Crippen LogP contribution in [0.15, 0.2) is 44.2 Å². The summed E-state index contributed by atoms with van der Waals surface area (Å²) in [5.74, 6) is 0.240. The number of guanidine groups is 1. The fourth-order valence-electron chi connectivity index (χ4n) is 1.95. The van der Waals surface area contributed by atoms with Gasteiger partial charge in [0.05, 0.1) is 18.4 Å². The first-order valence-electron chi connectivity index (χ1n) is 7.50. The van der Waals surface area contributed by atoms with Crippen molar-refractivity contribution in [2.75, 3.05) is 18.8 Å². The predicted octanol–water partition coefficient (Wildman–Crippen LogP) is 1.70. The molecule has 0 saturated heterocycles. The van der Waals surface area contributed by atoms with Crippen molar-refractivity contribution in [3.8, 4) is 0 Å². The van der Waals surface area contributed by atoms with Gasteiger partial charge >= 0.3 is 0 Å². The normalized spacial score (nSPS) is 13.7. The van der Waals surface area contributed by atoms with Gasteiger partial charge in [0.25, 0.3) is 0 Å². The lowest BCUT2D eigenvalue weighted by Gasteiger charge is -2.15. The van der Waals surface area contributed by atoms with Gasteiger partial charge in [-0.3, -0.25) is 0 Å². The van der Waals surface area contributed by atoms with Gasteiger partial charge in [0.15, 0.2) is 15.8 Å². The van der Waals surface area contributed by atoms with Crippen LogP contribution in [-0.2, 0) is 16.4 Å². The minimum atomic E-state index is -3.45. The van der Waals surface area contributed by atoms with Gasteiger partial charge in [-0.1, -0.05) is 12.1 Å². The number of nitrogens with one attached hydrogen (secondary N) is 2. The summed E-state index contributed by atoms with van der Waals surface area (Å²) in [6.45, 7) is 3.28. The molecule has 24 heavy (non-hydrogen) atoms. The van der Waals surface area contributed by atoms with Crippen molar-refractivity contribution >= 4 is 38.5 Å². The molecule has 0 bridgehead atoms. The molecule has 2 heterocycles. The second-order valence-corrected chi connectivity index (χ2v) is 9.26. The Labute approximate surface area is 150 Å². The Kier molecular flexibility index (Phi) is 7.22. The lowest BCUT2D eigenvalue weighted by Crippen LogP contribution is -2.42. The summed E-state index contributed by atoms with van der Waals surface area (Å²) in [5, 5.41) is 19.8. The number of aliphatic hydroxyl groups excluding tert-OH is 1. The van der Waals surface area contributed by atoms with Crippen molar-refractivity contribution in [2.24, 2.45) is 4.99 Å². The van der Waals surface area contributed by atoms with Crippen LogP contribution >= 0.6 is 22.7 Å². The van der Waals surface area contributed by atoms with Gasteiger partial charge in [-0.2, -0.15) is 0 Å². The van der Waals surface area contributed by atoms with Gasteiger partial charge < -0.3 is 15.7 Å². The van der Waals surface area contributed by atoms with Crippen molar-refractivity contribution in [1.29, 1.82) is 0 Å². The maximum Gasteiger partial charge on any atom is 0.191 e.